The minimum absolute atomic E-state index is 0.0127. The van der Waals surface area contributed by atoms with Gasteiger partial charge in [0.1, 0.15) is 11.5 Å². The molecule has 1 unspecified atom stereocenters. The summed E-state index contributed by atoms with van der Waals surface area (Å²) < 4.78 is 5.55. The summed E-state index contributed by atoms with van der Waals surface area (Å²) in [6.07, 6.45) is 0. The average molecular weight is 309 g/mol. The topological polar surface area (TPSA) is 48.7 Å². The third-order valence-electron chi connectivity index (χ3n) is 3.58. The number of carbonyl (C=O) groups is 1. The molecule has 0 saturated carbocycles. The SMILES string of the molecule is Cc1cc(C(C)NC(=O)N(CCN(C)C)CC(C)C)c(C)o1. The van der Waals surface area contributed by atoms with Gasteiger partial charge in [-0.05, 0) is 46.9 Å². The van der Waals surface area contributed by atoms with E-state index in [1.54, 1.807) is 0 Å². The van der Waals surface area contributed by atoms with Crippen molar-refractivity contribution in [3.63, 3.8) is 0 Å². The maximum atomic E-state index is 12.6. The van der Waals surface area contributed by atoms with Crippen molar-refractivity contribution in [1.29, 1.82) is 0 Å². The van der Waals surface area contributed by atoms with Crippen molar-refractivity contribution < 1.29 is 9.21 Å². The number of amides is 2. The van der Waals surface area contributed by atoms with Gasteiger partial charge in [-0.2, -0.15) is 0 Å². The molecule has 0 radical (unpaired) electrons. The number of aryl methyl sites for hydroxylation is 2. The van der Waals surface area contributed by atoms with E-state index in [0.717, 1.165) is 36.7 Å². The number of rotatable bonds is 7. The first-order valence-electron chi connectivity index (χ1n) is 7.97. The third-order valence-corrected chi connectivity index (χ3v) is 3.58. The summed E-state index contributed by atoms with van der Waals surface area (Å²) in [6.45, 7) is 12.5. The maximum absolute atomic E-state index is 12.6. The Bertz CT molecular complexity index is 480. The second kappa shape index (κ2) is 8.22. The molecule has 0 fully saturated rings. The van der Waals surface area contributed by atoms with E-state index < -0.39 is 0 Å². The lowest BCUT2D eigenvalue weighted by molar-refractivity contribution is 0.181. The predicted molar refractivity (Wildman–Crippen MR) is 90.1 cm³/mol. The van der Waals surface area contributed by atoms with E-state index >= 15 is 0 Å². The Labute approximate surface area is 134 Å². The zero-order chi connectivity index (χ0) is 16.9. The second-order valence-corrected chi connectivity index (χ2v) is 6.68. The Hall–Kier alpha value is -1.49. The van der Waals surface area contributed by atoms with Gasteiger partial charge in [-0.1, -0.05) is 13.8 Å². The van der Waals surface area contributed by atoms with Crippen molar-refractivity contribution in [1.82, 2.24) is 15.1 Å². The van der Waals surface area contributed by atoms with E-state index in [1.165, 1.54) is 0 Å². The molecule has 1 aromatic rings. The molecule has 0 aromatic carbocycles. The highest BCUT2D eigenvalue weighted by molar-refractivity contribution is 5.74. The van der Waals surface area contributed by atoms with Crippen LogP contribution in [0.4, 0.5) is 4.79 Å². The van der Waals surface area contributed by atoms with E-state index in [9.17, 15) is 4.79 Å². The Balaban J connectivity index is 2.70. The highest BCUT2D eigenvalue weighted by Crippen LogP contribution is 2.21. The van der Waals surface area contributed by atoms with E-state index in [-0.39, 0.29) is 12.1 Å². The Morgan fingerprint density at radius 1 is 1.23 bits per heavy atom. The van der Waals surface area contributed by atoms with Crippen molar-refractivity contribution in [2.75, 3.05) is 33.7 Å². The zero-order valence-electron chi connectivity index (χ0n) is 15.1. The number of hydrogen-bond donors (Lipinski definition) is 1. The van der Waals surface area contributed by atoms with Crippen LogP contribution in [0.15, 0.2) is 10.5 Å². The Kier molecular flexibility index (Phi) is 6.94. The number of nitrogens with zero attached hydrogens (tertiary/aromatic N) is 2. The van der Waals surface area contributed by atoms with Crippen molar-refractivity contribution in [3.8, 4) is 0 Å². The fraction of sp³-hybridized carbons (Fsp3) is 0.706. The Morgan fingerprint density at radius 2 is 1.86 bits per heavy atom. The molecule has 1 rings (SSSR count). The van der Waals surface area contributed by atoms with Gasteiger partial charge in [-0.3, -0.25) is 0 Å². The minimum atomic E-state index is -0.0565. The van der Waals surface area contributed by atoms with Crippen molar-refractivity contribution in [2.24, 2.45) is 5.92 Å². The molecule has 5 heteroatoms. The van der Waals surface area contributed by atoms with E-state index in [2.05, 4.69) is 24.1 Å². The number of nitrogens with one attached hydrogen (secondary N) is 1. The Morgan fingerprint density at radius 3 is 2.32 bits per heavy atom. The van der Waals surface area contributed by atoms with Crippen molar-refractivity contribution in [2.45, 2.75) is 40.7 Å². The number of likely N-dealkylation sites (N-methyl/N-ethyl adjacent to an activating group) is 1. The van der Waals surface area contributed by atoms with Crippen LogP contribution in [0.5, 0.6) is 0 Å². The molecule has 1 heterocycles. The van der Waals surface area contributed by atoms with Crippen LogP contribution in [0.3, 0.4) is 0 Å². The molecule has 0 bridgehead atoms. The van der Waals surface area contributed by atoms with Crippen LogP contribution in [0.1, 0.15) is 43.9 Å². The van der Waals surface area contributed by atoms with Gasteiger partial charge in [0.25, 0.3) is 0 Å². The molecule has 1 aromatic heterocycles. The summed E-state index contributed by atoms with van der Waals surface area (Å²) in [6, 6.07) is 1.92. The standard InChI is InChI=1S/C17H31N3O2/c1-12(2)11-20(9-8-19(6)7)17(21)18-14(4)16-10-13(3)22-15(16)5/h10,12,14H,8-9,11H2,1-7H3,(H,18,21). The molecular formula is C17H31N3O2. The quantitative estimate of drug-likeness (QED) is 0.841. The highest BCUT2D eigenvalue weighted by Gasteiger charge is 2.20. The third kappa shape index (κ3) is 5.72. The van der Waals surface area contributed by atoms with Crippen molar-refractivity contribution >= 4 is 6.03 Å². The summed E-state index contributed by atoms with van der Waals surface area (Å²) in [4.78, 5) is 16.5. The van der Waals surface area contributed by atoms with Crippen LogP contribution >= 0.6 is 0 Å². The lowest BCUT2D eigenvalue weighted by Crippen LogP contribution is -2.45. The van der Waals surface area contributed by atoms with E-state index in [1.807, 2.05) is 45.8 Å². The fourth-order valence-corrected chi connectivity index (χ4v) is 2.47. The van der Waals surface area contributed by atoms with Crippen LogP contribution < -0.4 is 5.32 Å². The van der Waals surface area contributed by atoms with Crippen LogP contribution in [0.2, 0.25) is 0 Å². The lowest BCUT2D eigenvalue weighted by Gasteiger charge is -2.28. The highest BCUT2D eigenvalue weighted by atomic mass is 16.3. The fourth-order valence-electron chi connectivity index (χ4n) is 2.47. The number of urea groups is 1. The summed E-state index contributed by atoms with van der Waals surface area (Å²) in [5.74, 6) is 2.19. The van der Waals surface area contributed by atoms with E-state index in [0.29, 0.717) is 5.92 Å². The lowest BCUT2D eigenvalue weighted by atomic mass is 10.1. The number of carbonyl (C=O) groups excluding carboxylic acids is 1. The first-order chi connectivity index (χ1) is 10.2. The van der Waals surface area contributed by atoms with Crippen LogP contribution in [0.25, 0.3) is 0 Å². The normalized spacial score (nSPS) is 12.8. The number of furan rings is 1. The molecule has 22 heavy (non-hydrogen) atoms. The maximum Gasteiger partial charge on any atom is 0.317 e. The van der Waals surface area contributed by atoms with Gasteiger partial charge in [0.2, 0.25) is 0 Å². The molecule has 0 aliphatic carbocycles. The van der Waals surface area contributed by atoms with Gasteiger partial charge >= 0.3 is 6.03 Å². The largest absolute Gasteiger partial charge is 0.466 e. The first kappa shape index (κ1) is 18.6. The monoisotopic (exact) mass is 309 g/mol. The summed E-state index contributed by atoms with van der Waals surface area (Å²) in [7, 11) is 4.04. The average Bonchev–Trinajstić information content (AvgIpc) is 2.72. The minimum Gasteiger partial charge on any atom is -0.466 e. The molecule has 0 aliphatic heterocycles. The van der Waals surface area contributed by atoms with Gasteiger partial charge in [0.05, 0.1) is 6.04 Å². The molecule has 0 aliphatic rings. The molecule has 0 saturated heterocycles. The number of hydrogen-bond acceptors (Lipinski definition) is 3. The molecule has 1 atom stereocenters. The summed E-state index contributed by atoms with van der Waals surface area (Å²) in [5.41, 5.74) is 1.04. The van der Waals surface area contributed by atoms with Crippen LogP contribution in [0, 0.1) is 19.8 Å². The second-order valence-electron chi connectivity index (χ2n) is 6.68. The van der Waals surface area contributed by atoms with Gasteiger partial charge in [-0.15, -0.1) is 0 Å². The van der Waals surface area contributed by atoms with Gasteiger partial charge in [0.15, 0.2) is 0 Å². The molecular weight excluding hydrogens is 278 g/mol. The molecule has 5 nitrogen and oxygen atoms in total. The molecule has 1 N–H and O–H groups in total. The zero-order valence-corrected chi connectivity index (χ0v) is 15.1. The van der Waals surface area contributed by atoms with Gasteiger partial charge < -0.3 is 19.5 Å². The summed E-state index contributed by atoms with van der Waals surface area (Å²) >= 11 is 0. The van der Waals surface area contributed by atoms with Crippen LogP contribution in [-0.4, -0.2) is 49.6 Å². The molecule has 2 amide bonds. The predicted octanol–water partition coefficient (Wildman–Crippen LogP) is 3.19. The smallest absolute Gasteiger partial charge is 0.317 e. The van der Waals surface area contributed by atoms with E-state index in [4.69, 9.17) is 4.42 Å². The summed E-state index contributed by atoms with van der Waals surface area (Å²) in [5, 5.41) is 3.09. The van der Waals surface area contributed by atoms with Crippen LogP contribution in [-0.2, 0) is 0 Å². The molecule has 0 spiro atoms. The van der Waals surface area contributed by atoms with Gasteiger partial charge in [0, 0.05) is 25.2 Å². The molecule has 126 valence electrons. The first-order valence-corrected chi connectivity index (χ1v) is 7.97. The van der Waals surface area contributed by atoms with Gasteiger partial charge in [-0.25, -0.2) is 4.79 Å². The van der Waals surface area contributed by atoms with Crippen molar-refractivity contribution in [3.05, 3.63) is 23.2 Å².